The fourth-order valence-corrected chi connectivity index (χ4v) is 1.07. The Kier molecular flexibility index (Phi) is 4.91. The van der Waals surface area contributed by atoms with E-state index < -0.39 is 19.1 Å². The maximum atomic E-state index is 11.3. The highest BCUT2D eigenvalue weighted by atomic mass is 16.4. The van der Waals surface area contributed by atoms with Gasteiger partial charge in [0.05, 0.1) is 0 Å². The molecular formula is C10H12BN3O4. The third-order valence-electron chi connectivity index (χ3n) is 1.95. The minimum Gasteiger partial charge on any atom is -0.423 e. The average molecular weight is 249 g/mol. The van der Waals surface area contributed by atoms with Crippen LogP contribution in [0.2, 0.25) is 0 Å². The third-order valence-corrected chi connectivity index (χ3v) is 1.95. The van der Waals surface area contributed by atoms with Crippen LogP contribution in [0.5, 0.6) is 0 Å². The Labute approximate surface area is 104 Å². The van der Waals surface area contributed by atoms with Crippen molar-refractivity contribution in [2.24, 2.45) is 0 Å². The SMILES string of the molecule is C=CC(=O)NNC(=O)Nc1ccc(B(O)O)cc1. The van der Waals surface area contributed by atoms with Crippen LogP contribution < -0.4 is 21.6 Å². The molecule has 0 atom stereocenters. The molecule has 0 aromatic heterocycles. The van der Waals surface area contributed by atoms with Crippen molar-refractivity contribution in [3.8, 4) is 0 Å². The first-order valence-corrected chi connectivity index (χ1v) is 4.98. The van der Waals surface area contributed by atoms with Crippen LogP contribution in [0.3, 0.4) is 0 Å². The van der Waals surface area contributed by atoms with Crippen LogP contribution in [0, 0.1) is 0 Å². The molecule has 0 saturated carbocycles. The first kappa shape index (κ1) is 13.7. The Balaban J connectivity index is 2.49. The molecule has 8 heteroatoms. The summed E-state index contributed by atoms with van der Waals surface area (Å²) in [6, 6.07) is 5.24. The minimum atomic E-state index is -1.56. The number of hydrogen-bond donors (Lipinski definition) is 5. The highest BCUT2D eigenvalue weighted by Gasteiger charge is 2.10. The van der Waals surface area contributed by atoms with Gasteiger partial charge in [0.25, 0.3) is 5.91 Å². The molecule has 3 amide bonds. The van der Waals surface area contributed by atoms with Gasteiger partial charge in [0.1, 0.15) is 0 Å². The van der Waals surface area contributed by atoms with Crippen LogP contribution in [0.4, 0.5) is 10.5 Å². The van der Waals surface area contributed by atoms with Gasteiger partial charge in [-0.05, 0) is 23.7 Å². The lowest BCUT2D eigenvalue weighted by Crippen LogP contribution is -2.43. The smallest absolute Gasteiger partial charge is 0.423 e. The fraction of sp³-hybridized carbons (Fsp3) is 0. The molecule has 0 saturated heterocycles. The van der Waals surface area contributed by atoms with Crippen molar-refractivity contribution >= 4 is 30.2 Å². The second kappa shape index (κ2) is 6.43. The highest BCUT2D eigenvalue weighted by molar-refractivity contribution is 6.58. The lowest BCUT2D eigenvalue weighted by atomic mass is 9.80. The zero-order valence-corrected chi connectivity index (χ0v) is 9.38. The normalized spacial score (nSPS) is 9.22. The average Bonchev–Trinajstić information content (AvgIpc) is 2.36. The number of benzene rings is 1. The van der Waals surface area contributed by atoms with Crippen LogP contribution in [0.15, 0.2) is 36.9 Å². The second-order valence-electron chi connectivity index (χ2n) is 3.27. The van der Waals surface area contributed by atoms with Gasteiger partial charge in [-0.2, -0.15) is 0 Å². The van der Waals surface area contributed by atoms with Gasteiger partial charge in [-0.15, -0.1) is 0 Å². The highest BCUT2D eigenvalue weighted by Crippen LogP contribution is 2.03. The topological polar surface area (TPSA) is 111 Å². The summed E-state index contributed by atoms with van der Waals surface area (Å²) < 4.78 is 0. The molecule has 1 rings (SSSR count). The standard InChI is InChI=1S/C10H12BN3O4/c1-2-9(15)13-14-10(16)12-8-5-3-7(4-6-8)11(17)18/h2-6,17-18H,1H2,(H,13,15)(H2,12,14,16). The van der Waals surface area contributed by atoms with Crippen LogP contribution >= 0.6 is 0 Å². The molecule has 0 unspecified atom stereocenters. The molecule has 0 fully saturated rings. The van der Waals surface area contributed by atoms with Crippen molar-refractivity contribution in [3.05, 3.63) is 36.9 Å². The zero-order chi connectivity index (χ0) is 13.5. The molecule has 18 heavy (non-hydrogen) atoms. The number of anilines is 1. The molecule has 1 aromatic rings. The lowest BCUT2D eigenvalue weighted by Gasteiger charge is -2.08. The van der Waals surface area contributed by atoms with E-state index in [1.807, 2.05) is 0 Å². The summed E-state index contributed by atoms with van der Waals surface area (Å²) in [7, 11) is -1.56. The quantitative estimate of drug-likeness (QED) is 0.260. The summed E-state index contributed by atoms with van der Waals surface area (Å²) in [5.41, 5.74) is 4.92. The van der Waals surface area contributed by atoms with Crippen molar-refractivity contribution in [3.63, 3.8) is 0 Å². The van der Waals surface area contributed by atoms with E-state index in [9.17, 15) is 9.59 Å². The number of hydrogen-bond acceptors (Lipinski definition) is 4. The Morgan fingerprint density at radius 1 is 1.17 bits per heavy atom. The fourth-order valence-electron chi connectivity index (χ4n) is 1.07. The Morgan fingerprint density at radius 2 is 1.78 bits per heavy atom. The number of hydrazine groups is 1. The summed E-state index contributed by atoms with van der Waals surface area (Å²) in [6.07, 6.45) is 1.01. The lowest BCUT2D eigenvalue weighted by molar-refractivity contribution is -0.117. The second-order valence-corrected chi connectivity index (χ2v) is 3.27. The predicted molar refractivity (Wildman–Crippen MR) is 66.8 cm³/mol. The molecule has 0 aliphatic rings. The van der Waals surface area contributed by atoms with E-state index in [1.54, 1.807) is 0 Å². The molecule has 0 bridgehead atoms. The van der Waals surface area contributed by atoms with E-state index >= 15 is 0 Å². The van der Waals surface area contributed by atoms with E-state index in [0.29, 0.717) is 11.2 Å². The number of carbonyl (C=O) groups excluding carboxylic acids is 2. The van der Waals surface area contributed by atoms with Gasteiger partial charge in [0, 0.05) is 5.69 Å². The monoisotopic (exact) mass is 249 g/mol. The zero-order valence-electron chi connectivity index (χ0n) is 9.38. The Bertz CT molecular complexity index is 447. The first-order chi connectivity index (χ1) is 8.52. The van der Waals surface area contributed by atoms with Gasteiger partial charge in [0.2, 0.25) is 0 Å². The van der Waals surface area contributed by atoms with E-state index in [2.05, 4.69) is 22.7 Å². The summed E-state index contributed by atoms with van der Waals surface area (Å²) >= 11 is 0. The molecule has 0 aliphatic carbocycles. The number of carbonyl (C=O) groups is 2. The molecule has 94 valence electrons. The van der Waals surface area contributed by atoms with Gasteiger partial charge >= 0.3 is 13.1 Å². The summed E-state index contributed by atoms with van der Waals surface area (Å²) in [4.78, 5) is 22.0. The number of amides is 3. The van der Waals surface area contributed by atoms with Crippen LogP contribution in [-0.2, 0) is 4.79 Å². The minimum absolute atomic E-state index is 0.306. The predicted octanol–water partition coefficient (Wildman–Crippen LogP) is -1.29. The third kappa shape index (κ3) is 4.28. The summed E-state index contributed by atoms with van der Waals surface area (Å²) in [5, 5.41) is 20.2. The number of rotatable bonds is 3. The van der Waals surface area contributed by atoms with Crippen molar-refractivity contribution in [2.75, 3.05) is 5.32 Å². The van der Waals surface area contributed by atoms with Gasteiger partial charge < -0.3 is 15.4 Å². The van der Waals surface area contributed by atoms with Crippen molar-refractivity contribution in [1.82, 2.24) is 10.9 Å². The van der Waals surface area contributed by atoms with Gasteiger partial charge in [-0.25, -0.2) is 10.2 Å². The van der Waals surface area contributed by atoms with E-state index in [0.717, 1.165) is 6.08 Å². The van der Waals surface area contributed by atoms with Crippen molar-refractivity contribution in [2.45, 2.75) is 0 Å². The van der Waals surface area contributed by atoms with Gasteiger partial charge in [0.15, 0.2) is 0 Å². The first-order valence-electron chi connectivity index (χ1n) is 4.98. The maximum Gasteiger partial charge on any atom is 0.488 e. The van der Waals surface area contributed by atoms with Gasteiger partial charge in [-0.1, -0.05) is 18.7 Å². The molecule has 0 aliphatic heterocycles. The molecule has 0 radical (unpaired) electrons. The number of nitrogens with one attached hydrogen (secondary N) is 3. The van der Waals surface area contributed by atoms with Crippen LogP contribution in [0.1, 0.15) is 0 Å². The number of urea groups is 1. The Morgan fingerprint density at radius 3 is 2.28 bits per heavy atom. The van der Waals surface area contributed by atoms with Crippen molar-refractivity contribution in [1.29, 1.82) is 0 Å². The summed E-state index contributed by atoms with van der Waals surface area (Å²) in [6.45, 7) is 3.22. The largest absolute Gasteiger partial charge is 0.488 e. The summed E-state index contributed by atoms with van der Waals surface area (Å²) in [5.74, 6) is -0.538. The Hall–Kier alpha value is -2.32. The maximum absolute atomic E-state index is 11.3. The van der Waals surface area contributed by atoms with Crippen LogP contribution in [-0.4, -0.2) is 29.1 Å². The molecule has 0 heterocycles. The van der Waals surface area contributed by atoms with E-state index in [1.165, 1.54) is 24.3 Å². The molecule has 1 aromatic carbocycles. The van der Waals surface area contributed by atoms with E-state index in [-0.39, 0.29) is 0 Å². The van der Waals surface area contributed by atoms with Crippen molar-refractivity contribution < 1.29 is 19.6 Å². The van der Waals surface area contributed by atoms with Crippen LogP contribution in [0.25, 0.3) is 0 Å². The molecule has 7 nitrogen and oxygen atoms in total. The van der Waals surface area contributed by atoms with Gasteiger partial charge in [-0.3, -0.25) is 10.2 Å². The van der Waals surface area contributed by atoms with E-state index in [4.69, 9.17) is 10.0 Å². The molecule has 5 N–H and O–H groups in total. The molecular weight excluding hydrogens is 237 g/mol. The molecule has 0 spiro atoms.